The summed E-state index contributed by atoms with van der Waals surface area (Å²) in [4.78, 5) is 21.2. The maximum Gasteiger partial charge on any atom is 0.338 e. The molecule has 0 aliphatic heterocycles. The molecule has 0 saturated heterocycles. The van der Waals surface area contributed by atoms with Crippen LogP contribution in [0.5, 0.6) is 0 Å². The van der Waals surface area contributed by atoms with Crippen LogP contribution >= 0.6 is 0 Å². The average Bonchev–Trinajstić information content (AvgIpc) is 2.20. The highest BCUT2D eigenvalue weighted by Gasteiger charge is 2.18. The molecule has 0 saturated carbocycles. The van der Waals surface area contributed by atoms with E-state index < -0.39 is 10.9 Å². The second-order valence-corrected chi connectivity index (χ2v) is 2.96. The van der Waals surface area contributed by atoms with Crippen molar-refractivity contribution in [3.8, 4) is 0 Å². The van der Waals surface area contributed by atoms with Gasteiger partial charge in [-0.3, -0.25) is 10.1 Å². The molecule has 15 heavy (non-hydrogen) atoms. The maximum atomic E-state index is 11.2. The number of benzene rings is 1. The van der Waals surface area contributed by atoms with E-state index in [1.165, 1.54) is 20.1 Å². The van der Waals surface area contributed by atoms with Crippen LogP contribution in [0.1, 0.15) is 15.9 Å². The number of nitrogens with two attached hydrogens (primary N) is 1. The van der Waals surface area contributed by atoms with Crippen molar-refractivity contribution in [2.75, 3.05) is 12.8 Å². The zero-order valence-electron chi connectivity index (χ0n) is 8.31. The lowest BCUT2D eigenvalue weighted by Gasteiger charge is -2.04. The van der Waals surface area contributed by atoms with Gasteiger partial charge >= 0.3 is 5.97 Å². The lowest BCUT2D eigenvalue weighted by atomic mass is 10.1. The van der Waals surface area contributed by atoms with Crippen LogP contribution in [0.2, 0.25) is 0 Å². The van der Waals surface area contributed by atoms with Gasteiger partial charge in [0.05, 0.1) is 17.6 Å². The molecule has 0 aliphatic rings. The summed E-state index contributed by atoms with van der Waals surface area (Å²) in [5, 5.41) is 10.6. The number of nitro benzene ring substituents is 1. The van der Waals surface area contributed by atoms with E-state index in [1.54, 1.807) is 0 Å². The Balaban J connectivity index is 3.35. The maximum absolute atomic E-state index is 11.2. The first-order chi connectivity index (χ1) is 6.97. The molecule has 1 rings (SSSR count). The molecule has 1 aromatic carbocycles. The fraction of sp³-hybridized carbons (Fsp3) is 0.222. The summed E-state index contributed by atoms with van der Waals surface area (Å²) >= 11 is 0. The number of nitro groups is 1. The molecule has 0 unspecified atom stereocenters. The predicted octanol–water partition coefficient (Wildman–Crippen LogP) is 1.27. The smallest absolute Gasteiger partial charge is 0.338 e. The zero-order valence-corrected chi connectivity index (χ0v) is 8.31. The Labute approximate surface area is 85.8 Å². The summed E-state index contributed by atoms with van der Waals surface area (Å²) in [5.74, 6) is -0.648. The van der Waals surface area contributed by atoms with E-state index in [9.17, 15) is 14.9 Å². The van der Waals surface area contributed by atoms with Gasteiger partial charge in [0.2, 0.25) is 0 Å². The van der Waals surface area contributed by atoms with Gasteiger partial charge in [0, 0.05) is 17.3 Å². The molecule has 0 bridgehead atoms. The van der Waals surface area contributed by atoms with Crippen molar-refractivity contribution in [2.24, 2.45) is 0 Å². The third-order valence-corrected chi connectivity index (χ3v) is 2.04. The Bertz CT molecular complexity index is 428. The lowest BCUT2D eigenvalue weighted by Crippen LogP contribution is -2.05. The fourth-order valence-corrected chi connectivity index (χ4v) is 1.15. The number of carbonyl (C=O) groups excluding carboxylic acids is 1. The van der Waals surface area contributed by atoms with Gasteiger partial charge < -0.3 is 10.5 Å². The van der Waals surface area contributed by atoms with E-state index in [2.05, 4.69) is 4.74 Å². The van der Waals surface area contributed by atoms with Gasteiger partial charge in [0.1, 0.15) is 0 Å². The van der Waals surface area contributed by atoms with Crippen LogP contribution in [-0.4, -0.2) is 18.0 Å². The highest BCUT2D eigenvalue weighted by molar-refractivity contribution is 5.91. The molecule has 0 aromatic heterocycles. The fourth-order valence-electron chi connectivity index (χ4n) is 1.15. The standard InChI is InChI=1S/C9H10N2O4/c1-5-7(10)3-6(9(12)15-2)4-8(5)11(13)14/h3-4H,10H2,1-2H3. The van der Waals surface area contributed by atoms with Gasteiger partial charge in [-0.2, -0.15) is 0 Å². The summed E-state index contributed by atoms with van der Waals surface area (Å²) in [6.45, 7) is 1.52. The predicted molar refractivity (Wildman–Crippen MR) is 53.6 cm³/mol. The summed E-state index contributed by atoms with van der Waals surface area (Å²) in [7, 11) is 1.20. The Morgan fingerprint density at radius 3 is 2.60 bits per heavy atom. The lowest BCUT2D eigenvalue weighted by molar-refractivity contribution is -0.385. The van der Waals surface area contributed by atoms with Gasteiger partial charge in [-0.15, -0.1) is 0 Å². The van der Waals surface area contributed by atoms with Crippen LogP contribution in [0.15, 0.2) is 12.1 Å². The Hall–Kier alpha value is -2.11. The second-order valence-electron chi connectivity index (χ2n) is 2.96. The molecular weight excluding hydrogens is 200 g/mol. The number of carbonyl (C=O) groups is 1. The molecule has 0 atom stereocenters. The second kappa shape index (κ2) is 3.95. The topological polar surface area (TPSA) is 95.5 Å². The Kier molecular flexibility index (Phi) is 2.89. The molecule has 0 heterocycles. The van der Waals surface area contributed by atoms with E-state index >= 15 is 0 Å². The zero-order chi connectivity index (χ0) is 11.6. The summed E-state index contributed by atoms with van der Waals surface area (Å²) in [5.41, 5.74) is 5.97. The average molecular weight is 210 g/mol. The van der Waals surface area contributed by atoms with Crippen LogP contribution in [0, 0.1) is 17.0 Å². The van der Waals surface area contributed by atoms with Crippen LogP contribution in [0.25, 0.3) is 0 Å². The number of rotatable bonds is 2. The number of hydrogen-bond acceptors (Lipinski definition) is 5. The van der Waals surface area contributed by atoms with Crippen molar-refractivity contribution < 1.29 is 14.5 Å². The molecular formula is C9H10N2O4. The van der Waals surface area contributed by atoms with Gasteiger partial charge in [0.15, 0.2) is 0 Å². The highest BCUT2D eigenvalue weighted by Crippen LogP contribution is 2.25. The highest BCUT2D eigenvalue weighted by atomic mass is 16.6. The van der Waals surface area contributed by atoms with Crippen molar-refractivity contribution in [1.82, 2.24) is 0 Å². The number of hydrogen-bond donors (Lipinski definition) is 1. The van der Waals surface area contributed by atoms with Crippen molar-refractivity contribution in [2.45, 2.75) is 6.92 Å². The summed E-state index contributed by atoms with van der Waals surface area (Å²) < 4.78 is 4.45. The summed E-state index contributed by atoms with van der Waals surface area (Å²) in [6.07, 6.45) is 0. The minimum atomic E-state index is -0.648. The largest absolute Gasteiger partial charge is 0.465 e. The minimum Gasteiger partial charge on any atom is -0.465 e. The van der Waals surface area contributed by atoms with Gasteiger partial charge in [-0.05, 0) is 13.0 Å². The molecule has 0 radical (unpaired) electrons. The first kappa shape index (κ1) is 11.0. The van der Waals surface area contributed by atoms with Crippen LogP contribution in [0.4, 0.5) is 11.4 Å². The van der Waals surface area contributed by atoms with Gasteiger partial charge in [-0.1, -0.05) is 0 Å². The number of esters is 1. The number of nitrogen functional groups attached to an aromatic ring is 1. The molecule has 0 fully saturated rings. The number of ether oxygens (including phenoxy) is 1. The van der Waals surface area contributed by atoms with Gasteiger partial charge in [0.25, 0.3) is 5.69 Å². The van der Waals surface area contributed by atoms with E-state index in [0.717, 1.165) is 6.07 Å². The van der Waals surface area contributed by atoms with E-state index in [-0.39, 0.29) is 16.9 Å². The molecule has 0 amide bonds. The van der Waals surface area contributed by atoms with Crippen molar-refractivity contribution in [3.63, 3.8) is 0 Å². The van der Waals surface area contributed by atoms with Crippen molar-refractivity contribution in [3.05, 3.63) is 33.4 Å². The third kappa shape index (κ3) is 2.04. The number of anilines is 1. The number of methoxy groups -OCH3 is 1. The van der Waals surface area contributed by atoms with E-state index in [4.69, 9.17) is 5.73 Å². The van der Waals surface area contributed by atoms with Crippen LogP contribution in [-0.2, 0) is 4.74 Å². The van der Waals surface area contributed by atoms with Crippen molar-refractivity contribution >= 4 is 17.3 Å². The quantitative estimate of drug-likeness (QED) is 0.343. The van der Waals surface area contributed by atoms with E-state index in [0.29, 0.717) is 5.56 Å². The first-order valence-corrected chi connectivity index (χ1v) is 4.10. The molecule has 0 spiro atoms. The molecule has 0 aliphatic carbocycles. The first-order valence-electron chi connectivity index (χ1n) is 4.10. The number of nitrogens with zero attached hydrogens (tertiary/aromatic N) is 1. The third-order valence-electron chi connectivity index (χ3n) is 2.04. The monoisotopic (exact) mass is 210 g/mol. The molecule has 6 nitrogen and oxygen atoms in total. The van der Waals surface area contributed by atoms with Crippen LogP contribution in [0.3, 0.4) is 0 Å². The van der Waals surface area contributed by atoms with Crippen LogP contribution < -0.4 is 5.73 Å². The van der Waals surface area contributed by atoms with Gasteiger partial charge in [-0.25, -0.2) is 4.79 Å². The molecule has 1 aromatic rings. The van der Waals surface area contributed by atoms with Crippen molar-refractivity contribution in [1.29, 1.82) is 0 Å². The normalized spacial score (nSPS) is 9.73. The Morgan fingerprint density at radius 1 is 1.53 bits per heavy atom. The molecule has 80 valence electrons. The van der Waals surface area contributed by atoms with E-state index in [1.807, 2.05) is 0 Å². The minimum absolute atomic E-state index is 0.0762. The molecule has 2 N–H and O–H groups in total. The Morgan fingerprint density at radius 2 is 2.13 bits per heavy atom. The molecule has 6 heteroatoms. The summed E-state index contributed by atoms with van der Waals surface area (Å²) in [6, 6.07) is 2.51. The SMILES string of the molecule is COC(=O)c1cc(N)c(C)c([N+](=O)[O-])c1.